The number of methoxy groups -OCH3 is 1. The first-order valence-electron chi connectivity index (χ1n) is 9.31. The van der Waals surface area contributed by atoms with Crippen molar-refractivity contribution in [3.05, 3.63) is 53.1 Å². The van der Waals surface area contributed by atoms with E-state index in [-0.39, 0.29) is 16.8 Å². The van der Waals surface area contributed by atoms with E-state index < -0.39 is 10.0 Å². The molecule has 7 heteroatoms. The quantitative estimate of drug-likeness (QED) is 0.803. The monoisotopic (exact) mass is 402 g/mol. The van der Waals surface area contributed by atoms with Gasteiger partial charge in [0.05, 0.1) is 17.7 Å². The number of anilines is 1. The largest absolute Gasteiger partial charge is 0.495 e. The van der Waals surface area contributed by atoms with E-state index in [1.165, 1.54) is 19.2 Å². The van der Waals surface area contributed by atoms with E-state index in [2.05, 4.69) is 4.72 Å². The number of hydrogen-bond donors (Lipinski definition) is 1. The van der Waals surface area contributed by atoms with Crippen molar-refractivity contribution in [1.29, 1.82) is 0 Å². The fourth-order valence-corrected chi connectivity index (χ4v) is 4.87. The average molecular weight is 403 g/mol. The molecule has 2 aromatic carbocycles. The number of carbonyl (C=O) groups is 1. The summed E-state index contributed by atoms with van der Waals surface area (Å²) in [6.07, 6.45) is 1.21. The van der Waals surface area contributed by atoms with Gasteiger partial charge in [-0.1, -0.05) is 23.8 Å². The molecule has 3 rings (SSSR count). The van der Waals surface area contributed by atoms with E-state index in [1.54, 1.807) is 11.0 Å². The highest BCUT2D eigenvalue weighted by Gasteiger charge is 2.27. The fourth-order valence-electron chi connectivity index (χ4n) is 3.63. The van der Waals surface area contributed by atoms with Crippen molar-refractivity contribution in [3.8, 4) is 5.75 Å². The third-order valence-corrected chi connectivity index (χ3v) is 6.59. The Labute approximate surface area is 166 Å². The minimum absolute atomic E-state index is 0.0237. The third-order valence-electron chi connectivity index (χ3n) is 5.05. The summed E-state index contributed by atoms with van der Waals surface area (Å²) in [5.41, 5.74) is 3.59. The highest BCUT2D eigenvalue weighted by molar-refractivity contribution is 7.89. The Morgan fingerprint density at radius 3 is 2.50 bits per heavy atom. The molecule has 150 valence electrons. The van der Waals surface area contributed by atoms with E-state index in [9.17, 15) is 13.2 Å². The first-order chi connectivity index (χ1) is 13.2. The van der Waals surface area contributed by atoms with Crippen LogP contribution in [0.3, 0.4) is 0 Å². The normalized spacial score (nSPS) is 15.7. The van der Waals surface area contributed by atoms with Crippen LogP contribution >= 0.6 is 0 Å². The average Bonchev–Trinajstić information content (AvgIpc) is 3.06. The van der Waals surface area contributed by atoms with E-state index in [0.29, 0.717) is 24.4 Å². The van der Waals surface area contributed by atoms with Gasteiger partial charge in [-0.25, -0.2) is 13.1 Å². The topological polar surface area (TPSA) is 75.7 Å². The predicted molar refractivity (Wildman–Crippen MR) is 109 cm³/mol. The molecule has 1 atom stereocenters. The summed E-state index contributed by atoms with van der Waals surface area (Å²) in [4.78, 5) is 13.8. The Bertz CT molecular complexity index is 1000. The van der Waals surface area contributed by atoms with Crippen molar-refractivity contribution in [3.63, 3.8) is 0 Å². The first kappa shape index (κ1) is 20.4. The van der Waals surface area contributed by atoms with Crippen LogP contribution in [0.25, 0.3) is 0 Å². The highest BCUT2D eigenvalue weighted by Crippen LogP contribution is 2.34. The molecular formula is C21H26N2O4S. The zero-order chi connectivity index (χ0) is 20.5. The fraction of sp³-hybridized carbons (Fsp3) is 0.381. The number of ether oxygens (including phenoxy) is 1. The Morgan fingerprint density at radius 1 is 1.14 bits per heavy atom. The van der Waals surface area contributed by atoms with Gasteiger partial charge in [-0.2, -0.15) is 0 Å². The summed E-state index contributed by atoms with van der Waals surface area (Å²) >= 11 is 0. The van der Waals surface area contributed by atoms with Gasteiger partial charge in [-0.3, -0.25) is 4.79 Å². The van der Waals surface area contributed by atoms with Crippen LogP contribution in [-0.2, 0) is 14.8 Å². The van der Waals surface area contributed by atoms with Crippen LogP contribution in [-0.4, -0.2) is 28.0 Å². The lowest BCUT2D eigenvalue weighted by molar-refractivity contribution is -0.117. The number of rotatable bonds is 6. The molecule has 2 aromatic rings. The second kappa shape index (κ2) is 7.93. The Kier molecular flexibility index (Phi) is 5.76. The highest BCUT2D eigenvalue weighted by atomic mass is 32.2. The number of nitrogens with one attached hydrogen (secondary N) is 1. The Balaban J connectivity index is 1.92. The summed E-state index contributed by atoms with van der Waals surface area (Å²) < 4.78 is 34.1. The van der Waals surface area contributed by atoms with Gasteiger partial charge >= 0.3 is 0 Å². The zero-order valence-electron chi connectivity index (χ0n) is 16.7. The minimum Gasteiger partial charge on any atom is -0.495 e. The molecular weight excluding hydrogens is 376 g/mol. The molecule has 1 N–H and O–H groups in total. The standard InChI is InChI=1S/C21H26N2O4S/c1-14-7-9-18(15(2)12-14)16(3)22-28(25,26)17-8-10-20(27-4)19(13-17)23-11-5-6-21(23)24/h7-10,12-13,16,22H,5-6,11H2,1-4H3/t16-/m1/s1. The van der Waals surface area contributed by atoms with E-state index >= 15 is 0 Å². The molecule has 0 unspecified atom stereocenters. The Morgan fingerprint density at radius 2 is 1.89 bits per heavy atom. The number of carbonyl (C=O) groups excluding carboxylic acids is 1. The molecule has 1 aliphatic rings. The van der Waals surface area contributed by atoms with Crippen LogP contribution in [0.1, 0.15) is 42.5 Å². The van der Waals surface area contributed by atoms with Crippen LogP contribution in [0.2, 0.25) is 0 Å². The molecule has 0 aromatic heterocycles. The van der Waals surface area contributed by atoms with Gasteiger partial charge < -0.3 is 9.64 Å². The number of sulfonamides is 1. The molecule has 1 amide bonds. The molecule has 0 saturated carbocycles. The molecule has 1 heterocycles. The zero-order valence-corrected chi connectivity index (χ0v) is 17.5. The number of nitrogens with zero attached hydrogens (tertiary/aromatic N) is 1. The molecule has 28 heavy (non-hydrogen) atoms. The lowest BCUT2D eigenvalue weighted by atomic mass is 10.0. The first-order valence-corrected chi connectivity index (χ1v) is 10.8. The van der Waals surface area contributed by atoms with Crippen LogP contribution in [0.5, 0.6) is 5.75 Å². The maximum atomic E-state index is 13.0. The number of benzene rings is 2. The van der Waals surface area contributed by atoms with E-state index in [0.717, 1.165) is 23.1 Å². The number of amides is 1. The summed E-state index contributed by atoms with van der Waals surface area (Å²) in [5.74, 6) is 0.459. The smallest absolute Gasteiger partial charge is 0.241 e. The van der Waals surface area contributed by atoms with Gasteiger partial charge in [0.1, 0.15) is 5.75 Å². The van der Waals surface area contributed by atoms with E-state index in [1.807, 2.05) is 39.0 Å². The molecule has 6 nitrogen and oxygen atoms in total. The second-order valence-corrected chi connectivity index (χ2v) is 8.90. The predicted octanol–water partition coefficient (Wildman–Crippen LogP) is 3.48. The molecule has 1 aliphatic heterocycles. The van der Waals surface area contributed by atoms with Crippen molar-refractivity contribution in [1.82, 2.24) is 4.72 Å². The maximum Gasteiger partial charge on any atom is 0.241 e. The summed E-state index contributed by atoms with van der Waals surface area (Å²) in [5, 5.41) is 0. The van der Waals surface area contributed by atoms with Crippen molar-refractivity contribution in [2.45, 2.75) is 44.6 Å². The third kappa shape index (κ3) is 4.05. The van der Waals surface area contributed by atoms with Crippen molar-refractivity contribution < 1.29 is 17.9 Å². The SMILES string of the molecule is COc1ccc(S(=O)(=O)N[C@H](C)c2ccc(C)cc2C)cc1N1CCCC1=O. The van der Waals surface area contributed by atoms with Gasteiger partial charge in [-0.05, 0) is 56.5 Å². The van der Waals surface area contributed by atoms with E-state index in [4.69, 9.17) is 4.74 Å². The van der Waals surface area contributed by atoms with Gasteiger partial charge in [0.15, 0.2) is 0 Å². The van der Waals surface area contributed by atoms with Crippen LogP contribution in [0.4, 0.5) is 5.69 Å². The summed E-state index contributed by atoms with van der Waals surface area (Å²) in [6.45, 7) is 6.36. The second-order valence-electron chi connectivity index (χ2n) is 7.19. The molecule has 0 bridgehead atoms. The van der Waals surface area contributed by atoms with Gasteiger partial charge in [0.25, 0.3) is 0 Å². The molecule has 1 fully saturated rings. The van der Waals surface area contributed by atoms with Crippen LogP contribution in [0.15, 0.2) is 41.3 Å². The maximum absolute atomic E-state index is 13.0. The molecule has 0 spiro atoms. The van der Waals surface area contributed by atoms with Gasteiger partial charge in [0, 0.05) is 19.0 Å². The number of hydrogen-bond acceptors (Lipinski definition) is 4. The summed E-state index contributed by atoms with van der Waals surface area (Å²) in [7, 11) is -2.26. The van der Waals surface area contributed by atoms with Crippen LogP contribution < -0.4 is 14.4 Å². The van der Waals surface area contributed by atoms with Crippen LogP contribution in [0, 0.1) is 13.8 Å². The van der Waals surface area contributed by atoms with Crippen molar-refractivity contribution in [2.24, 2.45) is 0 Å². The number of aryl methyl sites for hydroxylation is 2. The summed E-state index contributed by atoms with van der Waals surface area (Å²) in [6, 6.07) is 10.2. The van der Waals surface area contributed by atoms with Gasteiger partial charge in [-0.15, -0.1) is 0 Å². The van der Waals surface area contributed by atoms with Crippen molar-refractivity contribution >= 4 is 21.6 Å². The molecule has 0 radical (unpaired) electrons. The minimum atomic E-state index is -3.77. The van der Waals surface area contributed by atoms with Crippen molar-refractivity contribution in [2.75, 3.05) is 18.6 Å². The lowest BCUT2D eigenvalue weighted by Gasteiger charge is -2.21. The Hall–Kier alpha value is -2.38. The lowest BCUT2D eigenvalue weighted by Crippen LogP contribution is -2.28. The van der Waals surface area contributed by atoms with Gasteiger partial charge in [0.2, 0.25) is 15.9 Å². The molecule has 1 saturated heterocycles. The molecule has 0 aliphatic carbocycles.